The molecule has 0 aliphatic carbocycles. The van der Waals surface area contributed by atoms with Crippen molar-refractivity contribution < 1.29 is 18.0 Å². The van der Waals surface area contributed by atoms with E-state index in [0.29, 0.717) is 11.1 Å². The number of hydrogen-bond donors (Lipinski definition) is 1. The first-order chi connectivity index (χ1) is 17.4. The van der Waals surface area contributed by atoms with Gasteiger partial charge in [-0.15, -0.1) is 12.6 Å². The highest BCUT2D eigenvalue weighted by molar-refractivity contribution is 7.84. The molecule has 1 aromatic rings. The number of nitrogens with zero attached hydrogens (tertiary/aromatic N) is 1. The van der Waals surface area contributed by atoms with Gasteiger partial charge >= 0.3 is 6.18 Å². The smallest absolute Gasteiger partial charge is 0.293 e. The van der Waals surface area contributed by atoms with Gasteiger partial charge in [-0.2, -0.15) is 24.5 Å². The van der Waals surface area contributed by atoms with Gasteiger partial charge in [-0.25, -0.2) is 4.99 Å². The van der Waals surface area contributed by atoms with Crippen molar-refractivity contribution in [2.45, 2.75) is 93.7 Å². The highest BCUT2D eigenvalue weighted by Gasteiger charge is 2.36. The SMILES string of the molecule is C=CC(=C\C)/C(=C/C)/C=C(\C(C)=N/C(C(C)=O)=C(\C)S)C(F)(F)F.CC.CCCC(CC)c1ccsc1. The number of carbonyl (C=O) groups excluding carboxylic acids is 1. The number of hydrogen-bond acceptors (Lipinski definition) is 4. The van der Waals surface area contributed by atoms with E-state index in [1.807, 2.05) is 25.2 Å². The largest absolute Gasteiger partial charge is 0.418 e. The van der Waals surface area contributed by atoms with E-state index in [2.05, 4.69) is 54.9 Å². The van der Waals surface area contributed by atoms with Crippen molar-refractivity contribution in [1.29, 1.82) is 0 Å². The van der Waals surface area contributed by atoms with E-state index >= 15 is 0 Å². The number of alkyl halides is 3. The van der Waals surface area contributed by atoms with Gasteiger partial charge in [0, 0.05) is 11.8 Å². The number of thiol groups is 1. The van der Waals surface area contributed by atoms with Crippen LogP contribution in [0.2, 0.25) is 0 Å². The molecule has 7 heteroatoms. The maximum Gasteiger partial charge on any atom is 0.418 e. The average molecular weight is 556 g/mol. The Morgan fingerprint density at radius 3 is 2.03 bits per heavy atom. The third-order valence-corrected chi connectivity index (χ3v) is 6.18. The van der Waals surface area contributed by atoms with Gasteiger partial charge in [-0.1, -0.05) is 58.9 Å². The van der Waals surface area contributed by atoms with Crippen LogP contribution in [0.1, 0.15) is 93.1 Å². The van der Waals surface area contributed by atoms with Crippen molar-refractivity contribution in [3.63, 3.8) is 0 Å². The molecule has 1 heterocycles. The Balaban J connectivity index is 0. The molecular weight excluding hydrogens is 511 g/mol. The molecule has 2 nitrogen and oxygen atoms in total. The van der Waals surface area contributed by atoms with E-state index in [-0.39, 0.29) is 16.3 Å². The summed E-state index contributed by atoms with van der Waals surface area (Å²) in [5, 5.41) is 4.46. The van der Waals surface area contributed by atoms with Crippen LogP contribution in [-0.4, -0.2) is 17.7 Å². The second-order valence-corrected chi connectivity index (χ2v) is 9.34. The Kier molecular flexibility index (Phi) is 19.9. The molecule has 0 aliphatic rings. The summed E-state index contributed by atoms with van der Waals surface area (Å²) < 4.78 is 40.3. The highest BCUT2D eigenvalue weighted by Crippen LogP contribution is 2.30. The number of aliphatic imine (C=N–C) groups is 1. The molecule has 208 valence electrons. The lowest BCUT2D eigenvalue weighted by Gasteiger charge is -2.14. The molecule has 0 fully saturated rings. The molecule has 0 saturated heterocycles. The predicted octanol–water partition coefficient (Wildman–Crippen LogP) is 10.8. The number of thiophene rings is 1. The lowest BCUT2D eigenvalue weighted by Crippen LogP contribution is -2.19. The summed E-state index contributed by atoms with van der Waals surface area (Å²) in [5.41, 5.74) is 1.15. The molecule has 0 N–H and O–H groups in total. The molecule has 0 saturated carbocycles. The molecule has 0 aromatic carbocycles. The third kappa shape index (κ3) is 13.8. The van der Waals surface area contributed by atoms with Crippen molar-refractivity contribution >= 4 is 35.5 Å². The standard InChI is InChI=1S/C18H22F3NOS.C10H16S.C2H6/c1-7-14(8-2)15(9-3)10-16(18(19,20)21)11(4)22-17(12(5)23)13(6)24;1-3-5-9(4-2)10-6-7-11-8-10;1-2/h7-10,24H,1H2,2-6H3;6-9H,3-5H2,1-2H3;1-2H3/b14-8+,15-9+,16-10+,17-13+,22-11-;;. The Labute approximate surface area is 232 Å². The second kappa shape index (κ2) is 19.9. The fourth-order valence-electron chi connectivity index (χ4n) is 3.39. The molecule has 1 aromatic heterocycles. The topological polar surface area (TPSA) is 29.4 Å². The summed E-state index contributed by atoms with van der Waals surface area (Å²) >= 11 is 5.83. The molecule has 0 spiro atoms. The van der Waals surface area contributed by atoms with Crippen LogP contribution in [0.15, 0.2) is 80.0 Å². The number of carbonyl (C=O) groups is 1. The van der Waals surface area contributed by atoms with Crippen LogP contribution in [0, 0.1) is 0 Å². The Morgan fingerprint density at radius 2 is 1.70 bits per heavy atom. The van der Waals surface area contributed by atoms with Gasteiger partial charge in [0.15, 0.2) is 5.78 Å². The zero-order valence-electron chi connectivity index (χ0n) is 23.8. The second-order valence-electron chi connectivity index (χ2n) is 7.89. The molecule has 37 heavy (non-hydrogen) atoms. The summed E-state index contributed by atoms with van der Waals surface area (Å²) in [4.78, 5) is 15.6. The fourth-order valence-corrected chi connectivity index (χ4v) is 4.34. The van der Waals surface area contributed by atoms with Gasteiger partial charge in [0.1, 0.15) is 5.70 Å². The van der Waals surface area contributed by atoms with E-state index in [1.165, 1.54) is 46.1 Å². The minimum absolute atomic E-state index is 0.0945. The van der Waals surface area contributed by atoms with Crippen LogP contribution < -0.4 is 0 Å². The van der Waals surface area contributed by atoms with Crippen LogP contribution >= 0.6 is 24.0 Å². The van der Waals surface area contributed by atoms with Crippen LogP contribution in [0.4, 0.5) is 13.2 Å². The van der Waals surface area contributed by atoms with Gasteiger partial charge in [0.2, 0.25) is 0 Å². The first-order valence-electron chi connectivity index (χ1n) is 12.6. The van der Waals surface area contributed by atoms with Gasteiger partial charge < -0.3 is 0 Å². The quantitative estimate of drug-likeness (QED) is 0.132. The maximum absolute atomic E-state index is 13.4. The molecule has 0 amide bonds. The van der Waals surface area contributed by atoms with Crippen LogP contribution in [-0.2, 0) is 4.79 Å². The lowest BCUT2D eigenvalue weighted by atomic mass is 9.95. The van der Waals surface area contributed by atoms with Crippen LogP contribution in [0.5, 0.6) is 0 Å². The number of allylic oxidation sites excluding steroid dienone is 9. The van der Waals surface area contributed by atoms with Crippen molar-refractivity contribution in [3.05, 3.63) is 80.6 Å². The van der Waals surface area contributed by atoms with Crippen molar-refractivity contribution in [1.82, 2.24) is 0 Å². The minimum atomic E-state index is -4.62. The van der Waals surface area contributed by atoms with Crippen molar-refractivity contribution in [3.8, 4) is 0 Å². The van der Waals surface area contributed by atoms with Gasteiger partial charge in [0.05, 0.1) is 11.3 Å². The predicted molar refractivity (Wildman–Crippen MR) is 161 cm³/mol. The molecule has 0 bridgehead atoms. The monoisotopic (exact) mass is 555 g/mol. The summed E-state index contributed by atoms with van der Waals surface area (Å²) in [7, 11) is 0. The molecular formula is C30H44F3NOS2. The normalized spacial score (nSPS) is 14.5. The summed E-state index contributed by atoms with van der Waals surface area (Å²) in [6.07, 6.45) is 5.01. The van der Waals surface area contributed by atoms with Crippen molar-refractivity contribution in [2.75, 3.05) is 0 Å². The number of Topliss-reactive ketones (excluding diaryl/α,β-unsaturated/α-hetero) is 1. The number of rotatable bonds is 10. The number of ketones is 1. The van der Waals surface area contributed by atoms with E-state index in [4.69, 9.17) is 0 Å². The van der Waals surface area contributed by atoms with Crippen LogP contribution in [0.3, 0.4) is 0 Å². The molecule has 1 rings (SSSR count). The average Bonchev–Trinajstić information content (AvgIpc) is 3.38. The molecule has 1 unspecified atom stereocenters. The number of halogens is 3. The first kappa shape index (κ1) is 37.0. The zero-order chi connectivity index (χ0) is 29.2. The third-order valence-electron chi connectivity index (χ3n) is 5.27. The Bertz CT molecular complexity index is 975. The summed E-state index contributed by atoms with van der Waals surface area (Å²) in [6, 6.07) is 2.26. The summed E-state index contributed by atoms with van der Waals surface area (Å²) in [6.45, 7) is 19.4. The Morgan fingerprint density at radius 1 is 1.14 bits per heavy atom. The molecule has 0 radical (unpaired) electrons. The van der Waals surface area contributed by atoms with E-state index in [0.717, 1.165) is 12.0 Å². The zero-order valence-corrected chi connectivity index (χ0v) is 25.5. The minimum Gasteiger partial charge on any atom is -0.293 e. The van der Waals surface area contributed by atoms with Crippen LogP contribution in [0.25, 0.3) is 0 Å². The highest BCUT2D eigenvalue weighted by atomic mass is 32.1. The van der Waals surface area contributed by atoms with E-state index in [9.17, 15) is 18.0 Å². The van der Waals surface area contributed by atoms with E-state index < -0.39 is 17.5 Å². The first-order valence-corrected chi connectivity index (χ1v) is 14.0. The Hall–Kier alpha value is -2.12. The summed E-state index contributed by atoms with van der Waals surface area (Å²) in [5.74, 6) is 0.362. The van der Waals surface area contributed by atoms with Crippen molar-refractivity contribution in [2.24, 2.45) is 4.99 Å². The van der Waals surface area contributed by atoms with E-state index in [1.54, 1.807) is 31.6 Å². The maximum atomic E-state index is 13.4. The van der Waals surface area contributed by atoms with Gasteiger partial charge in [-0.05, 0) is 86.1 Å². The lowest BCUT2D eigenvalue weighted by molar-refractivity contribution is -0.113. The van der Waals surface area contributed by atoms with Gasteiger partial charge in [-0.3, -0.25) is 4.79 Å². The molecule has 1 atom stereocenters. The van der Waals surface area contributed by atoms with Gasteiger partial charge in [0.25, 0.3) is 0 Å². The fraction of sp³-hybridized carbons (Fsp3) is 0.467. The molecule has 0 aliphatic heterocycles.